The predicted molar refractivity (Wildman–Crippen MR) is 70.7 cm³/mol. The second-order valence-electron chi connectivity index (χ2n) is 4.07. The number of ether oxygens (including phenoxy) is 1. The molecule has 2 nitrogen and oxygen atoms in total. The molecule has 88 valence electrons. The number of thioether (sulfide) groups is 1. The number of halogens is 1. The Balaban J connectivity index is 2.20. The van der Waals surface area contributed by atoms with Crippen molar-refractivity contribution in [3.8, 4) is 5.75 Å². The quantitative estimate of drug-likeness (QED) is 0.900. The van der Waals surface area contributed by atoms with E-state index in [2.05, 4.69) is 6.26 Å². The van der Waals surface area contributed by atoms with E-state index in [1.165, 1.54) is 5.56 Å². The van der Waals surface area contributed by atoms with Gasteiger partial charge in [0.15, 0.2) is 0 Å². The predicted octanol–water partition coefficient (Wildman–Crippen LogP) is 2.51. The highest BCUT2D eigenvalue weighted by molar-refractivity contribution is 7.98. The highest BCUT2D eigenvalue weighted by atomic mass is 35.5. The van der Waals surface area contributed by atoms with Gasteiger partial charge in [0.25, 0.3) is 0 Å². The van der Waals surface area contributed by atoms with E-state index < -0.39 is 0 Å². The molecule has 0 spiro atoms. The van der Waals surface area contributed by atoms with Gasteiger partial charge < -0.3 is 10.5 Å². The Hall–Kier alpha value is -0.380. The summed E-state index contributed by atoms with van der Waals surface area (Å²) in [7, 11) is 0. The van der Waals surface area contributed by atoms with Gasteiger partial charge in [0.1, 0.15) is 5.75 Å². The Morgan fingerprint density at radius 1 is 1.56 bits per heavy atom. The molecule has 1 aliphatic heterocycles. The maximum atomic E-state index is 6.09. The molecule has 1 aliphatic rings. The largest absolute Gasteiger partial charge is 0.493 e. The standard InChI is InChI=1S/C12H16ClNOS/c1-16-7-11(14)6-9-5-10(13)4-8-2-3-15-12(8)9/h4-5,11H,2-3,6-7,14H2,1H3. The first kappa shape index (κ1) is 12.1. The fourth-order valence-electron chi connectivity index (χ4n) is 2.05. The molecule has 16 heavy (non-hydrogen) atoms. The minimum absolute atomic E-state index is 0.168. The lowest BCUT2D eigenvalue weighted by Gasteiger charge is -2.13. The van der Waals surface area contributed by atoms with Crippen molar-refractivity contribution >= 4 is 23.4 Å². The summed E-state index contributed by atoms with van der Waals surface area (Å²) in [6, 6.07) is 4.14. The normalized spacial score (nSPS) is 15.7. The van der Waals surface area contributed by atoms with Crippen molar-refractivity contribution in [3.05, 3.63) is 28.3 Å². The average molecular weight is 258 g/mol. The van der Waals surface area contributed by atoms with Crippen molar-refractivity contribution in [1.29, 1.82) is 0 Å². The van der Waals surface area contributed by atoms with Crippen molar-refractivity contribution in [2.24, 2.45) is 5.73 Å². The summed E-state index contributed by atoms with van der Waals surface area (Å²) >= 11 is 7.86. The number of hydrogen-bond acceptors (Lipinski definition) is 3. The molecule has 1 heterocycles. The maximum Gasteiger partial charge on any atom is 0.125 e. The van der Waals surface area contributed by atoms with Gasteiger partial charge in [0.2, 0.25) is 0 Å². The summed E-state index contributed by atoms with van der Waals surface area (Å²) in [5, 5.41) is 0.788. The summed E-state index contributed by atoms with van der Waals surface area (Å²) < 4.78 is 5.64. The molecular weight excluding hydrogens is 242 g/mol. The lowest BCUT2D eigenvalue weighted by molar-refractivity contribution is 0.353. The molecular formula is C12H16ClNOS. The van der Waals surface area contributed by atoms with Gasteiger partial charge in [0.05, 0.1) is 6.61 Å². The van der Waals surface area contributed by atoms with Crippen LogP contribution in [0.25, 0.3) is 0 Å². The second kappa shape index (κ2) is 5.30. The fourth-order valence-corrected chi connectivity index (χ4v) is 2.86. The molecule has 0 saturated carbocycles. The topological polar surface area (TPSA) is 35.2 Å². The van der Waals surface area contributed by atoms with Crippen molar-refractivity contribution in [2.75, 3.05) is 18.6 Å². The van der Waals surface area contributed by atoms with Crippen molar-refractivity contribution < 1.29 is 4.74 Å². The van der Waals surface area contributed by atoms with Crippen LogP contribution in [-0.2, 0) is 12.8 Å². The first-order valence-corrected chi connectivity index (χ1v) is 7.16. The van der Waals surface area contributed by atoms with Crippen LogP contribution in [0, 0.1) is 0 Å². The van der Waals surface area contributed by atoms with Crippen LogP contribution in [-0.4, -0.2) is 24.7 Å². The van der Waals surface area contributed by atoms with Gasteiger partial charge in [-0.1, -0.05) is 11.6 Å². The molecule has 4 heteroatoms. The Kier molecular flexibility index (Phi) is 4.00. The molecule has 1 aromatic rings. The van der Waals surface area contributed by atoms with Crippen molar-refractivity contribution in [2.45, 2.75) is 18.9 Å². The Labute approximate surface area is 105 Å². The van der Waals surface area contributed by atoms with E-state index in [1.807, 2.05) is 12.1 Å². The van der Waals surface area contributed by atoms with Crippen LogP contribution in [0.15, 0.2) is 12.1 Å². The number of rotatable bonds is 4. The van der Waals surface area contributed by atoms with Crippen LogP contribution >= 0.6 is 23.4 Å². The highest BCUT2D eigenvalue weighted by Crippen LogP contribution is 2.33. The minimum atomic E-state index is 0.168. The lowest BCUT2D eigenvalue weighted by Crippen LogP contribution is -2.25. The molecule has 0 radical (unpaired) electrons. The van der Waals surface area contributed by atoms with Crippen LogP contribution in [0.5, 0.6) is 5.75 Å². The Morgan fingerprint density at radius 2 is 2.38 bits per heavy atom. The first-order valence-electron chi connectivity index (χ1n) is 5.39. The van der Waals surface area contributed by atoms with Gasteiger partial charge in [0, 0.05) is 23.2 Å². The molecule has 0 bridgehead atoms. The lowest BCUT2D eigenvalue weighted by atomic mass is 10.0. The van der Waals surface area contributed by atoms with Gasteiger partial charge in [-0.2, -0.15) is 11.8 Å². The smallest absolute Gasteiger partial charge is 0.125 e. The SMILES string of the molecule is CSCC(N)Cc1cc(Cl)cc2c1OCC2. The highest BCUT2D eigenvalue weighted by Gasteiger charge is 2.18. The van der Waals surface area contributed by atoms with E-state index >= 15 is 0 Å². The molecule has 2 N–H and O–H groups in total. The third-order valence-corrected chi connectivity index (χ3v) is 3.67. The van der Waals surface area contributed by atoms with E-state index in [4.69, 9.17) is 22.1 Å². The number of benzene rings is 1. The fraction of sp³-hybridized carbons (Fsp3) is 0.500. The van der Waals surface area contributed by atoms with Gasteiger partial charge in [-0.05, 0) is 35.9 Å². The van der Waals surface area contributed by atoms with Gasteiger partial charge in [-0.3, -0.25) is 0 Å². The monoisotopic (exact) mass is 257 g/mol. The second-order valence-corrected chi connectivity index (χ2v) is 5.42. The van der Waals surface area contributed by atoms with E-state index in [-0.39, 0.29) is 6.04 Å². The van der Waals surface area contributed by atoms with E-state index in [9.17, 15) is 0 Å². The molecule has 0 aliphatic carbocycles. The molecule has 1 atom stereocenters. The van der Waals surface area contributed by atoms with Gasteiger partial charge in [-0.15, -0.1) is 0 Å². The summed E-state index contributed by atoms with van der Waals surface area (Å²) in [5.41, 5.74) is 8.42. The zero-order valence-electron chi connectivity index (χ0n) is 9.33. The van der Waals surface area contributed by atoms with Gasteiger partial charge in [-0.25, -0.2) is 0 Å². The summed E-state index contributed by atoms with van der Waals surface area (Å²) in [6.07, 6.45) is 3.86. The molecule has 1 aromatic carbocycles. The van der Waals surface area contributed by atoms with E-state index in [1.54, 1.807) is 11.8 Å². The van der Waals surface area contributed by atoms with Crippen LogP contribution in [0.1, 0.15) is 11.1 Å². The minimum Gasteiger partial charge on any atom is -0.493 e. The maximum absolute atomic E-state index is 6.09. The van der Waals surface area contributed by atoms with Gasteiger partial charge >= 0.3 is 0 Å². The number of nitrogens with two attached hydrogens (primary N) is 1. The molecule has 0 fully saturated rings. The van der Waals surface area contributed by atoms with Crippen LogP contribution in [0.3, 0.4) is 0 Å². The third kappa shape index (κ3) is 2.65. The third-order valence-electron chi connectivity index (χ3n) is 2.69. The molecule has 0 saturated heterocycles. The number of fused-ring (bicyclic) bond motifs is 1. The summed E-state index contributed by atoms with van der Waals surface area (Å²) in [6.45, 7) is 0.764. The zero-order valence-corrected chi connectivity index (χ0v) is 10.9. The first-order chi connectivity index (χ1) is 7.70. The molecule has 1 unspecified atom stereocenters. The van der Waals surface area contributed by atoms with Crippen LogP contribution in [0.4, 0.5) is 0 Å². The Bertz CT molecular complexity index is 384. The van der Waals surface area contributed by atoms with E-state index in [0.29, 0.717) is 0 Å². The van der Waals surface area contributed by atoms with Crippen LogP contribution in [0.2, 0.25) is 5.02 Å². The molecule has 0 aromatic heterocycles. The molecule has 0 amide bonds. The number of hydrogen-bond donors (Lipinski definition) is 1. The zero-order chi connectivity index (χ0) is 11.5. The molecule has 2 rings (SSSR count). The summed E-state index contributed by atoms with van der Waals surface area (Å²) in [4.78, 5) is 0. The average Bonchev–Trinajstić information content (AvgIpc) is 2.65. The van der Waals surface area contributed by atoms with Crippen molar-refractivity contribution in [3.63, 3.8) is 0 Å². The summed E-state index contributed by atoms with van der Waals surface area (Å²) in [5.74, 6) is 1.97. The Morgan fingerprint density at radius 3 is 3.12 bits per heavy atom. The van der Waals surface area contributed by atoms with Crippen molar-refractivity contribution in [1.82, 2.24) is 0 Å². The van der Waals surface area contributed by atoms with Crippen LogP contribution < -0.4 is 10.5 Å². The van der Waals surface area contributed by atoms with E-state index in [0.717, 1.165) is 41.5 Å².